The van der Waals surface area contributed by atoms with Crippen LogP contribution in [0, 0.1) is 11.8 Å². The summed E-state index contributed by atoms with van der Waals surface area (Å²) < 4.78 is 0. The lowest BCUT2D eigenvalue weighted by Gasteiger charge is -2.29. The quantitative estimate of drug-likeness (QED) is 0.775. The van der Waals surface area contributed by atoms with Gasteiger partial charge in [0.1, 0.15) is 0 Å². The van der Waals surface area contributed by atoms with Gasteiger partial charge in [0, 0.05) is 6.04 Å². The van der Waals surface area contributed by atoms with Crippen LogP contribution in [0.4, 0.5) is 0 Å². The summed E-state index contributed by atoms with van der Waals surface area (Å²) in [7, 11) is 0. The molecule has 0 aliphatic heterocycles. The largest absolute Gasteiger partial charge is 0.481 e. The lowest BCUT2D eigenvalue weighted by atomic mass is 9.78. The Labute approximate surface area is 103 Å². The van der Waals surface area contributed by atoms with E-state index < -0.39 is 11.9 Å². The van der Waals surface area contributed by atoms with Crippen molar-refractivity contribution in [2.24, 2.45) is 11.8 Å². The van der Waals surface area contributed by atoms with E-state index in [-0.39, 0.29) is 17.9 Å². The number of hydrogen-bond acceptors (Lipinski definition) is 2. The first-order valence-corrected chi connectivity index (χ1v) is 6.63. The Bertz CT molecular complexity index is 274. The molecule has 1 amide bonds. The number of rotatable bonds is 5. The maximum absolute atomic E-state index is 12.1. The minimum absolute atomic E-state index is 0.0641. The van der Waals surface area contributed by atoms with E-state index >= 15 is 0 Å². The molecule has 0 bridgehead atoms. The van der Waals surface area contributed by atoms with Gasteiger partial charge in [-0.3, -0.25) is 9.59 Å². The van der Waals surface area contributed by atoms with E-state index in [1.54, 1.807) is 0 Å². The Morgan fingerprint density at radius 2 is 1.71 bits per heavy atom. The fraction of sp³-hybridized carbons (Fsp3) is 0.846. The Balaban J connectivity index is 2.61. The van der Waals surface area contributed by atoms with E-state index in [2.05, 4.69) is 5.32 Å². The molecule has 0 radical (unpaired) electrons. The molecule has 0 saturated heterocycles. The van der Waals surface area contributed by atoms with E-state index in [0.717, 1.165) is 25.7 Å². The van der Waals surface area contributed by atoms with Crippen molar-refractivity contribution in [1.82, 2.24) is 5.32 Å². The first kappa shape index (κ1) is 14.0. The van der Waals surface area contributed by atoms with Gasteiger partial charge in [0.2, 0.25) is 5.91 Å². The van der Waals surface area contributed by atoms with Crippen LogP contribution in [0.1, 0.15) is 52.4 Å². The molecule has 2 unspecified atom stereocenters. The van der Waals surface area contributed by atoms with E-state index in [1.165, 1.54) is 0 Å². The summed E-state index contributed by atoms with van der Waals surface area (Å²) in [6.07, 6.45) is 5.02. The van der Waals surface area contributed by atoms with Crippen LogP contribution in [0.2, 0.25) is 0 Å². The average molecular weight is 241 g/mol. The average Bonchev–Trinajstić information content (AvgIpc) is 2.35. The van der Waals surface area contributed by atoms with E-state index in [4.69, 9.17) is 5.11 Å². The number of nitrogens with one attached hydrogen (secondary N) is 1. The van der Waals surface area contributed by atoms with Gasteiger partial charge in [-0.05, 0) is 25.7 Å². The third-order valence-electron chi connectivity index (χ3n) is 3.75. The van der Waals surface area contributed by atoms with Crippen LogP contribution >= 0.6 is 0 Å². The number of carbonyl (C=O) groups is 2. The molecule has 1 fully saturated rings. The monoisotopic (exact) mass is 241 g/mol. The van der Waals surface area contributed by atoms with Gasteiger partial charge in [0.05, 0.1) is 11.8 Å². The van der Waals surface area contributed by atoms with Gasteiger partial charge in [0.25, 0.3) is 0 Å². The first-order valence-electron chi connectivity index (χ1n) is 6.63. The Kier molecular flexibility index (Phi) is 5.45. The molecule has 4 heteroatoms. The van der Waals surface area contributed by atoms with Crippen molar-refractivity contribution in [3.05, 3.63) is 0 Å². The van der Waals surface area contributed by atoms with Crippen molar-refractivity contribution in [2.45, 2.75) is 58.4 Å². The van der Waals surface area contributed by atoms with E-state index in [9.17, 15) is 9.59 Å². The molecular formula is C13H23NO3. The van der Waals surface area contributed by atoms with Crippen molar-refractivity contribution in [1.29, 1.82) is 0 Å². The summed E-state index contributed by atoms with van der Waals surface area (Å²) in [5, 5.41) is 12.1. The highest BCUT2D eigenvalue weighted by molar-refractivity contribution is 5.85. The van der Waals surface area contributed by atoms with Crippen LogP contribution in [0.5, 0.6) is 0 Å². The Morgan fingerprint density at radius 1 is 1.18 bits per heavy atom. The predicted octanol–water partition coefficient (Wildman–Crippen LogP) is 2.18. The zero-order valence-corrected chi connectivity index (χ0v) is 10.7. The van der Waals surface area contributed by atoms with Crippen molar-refractivity contribution >= 4 is 11.9 Å². The zero-order chi connectivity index (χ0) is 12.8. The van der Waals surface area contributed by atoms with Crippen LogP contribution in [0.3, 0.4) is 0 Å². The molecular weight excluding hydrogens is 218 g/mol. The number of carboxylic acids is 1. The number of amides is 1. The predicted molar refractivity (Wildman–Crippen MR) is 65.6 cm³/mol. The third kappa shape index (κ3) is 3.72. The molecule has 1 aliphatic carbocycles. The molecule has 1 rings (SSSR count). The number of carboxylic acid groups (broad SMARTS) is 1. The molecule has 4 nitrogen and oxygen atoms in total. The van der Waals surface area contributed by atoms with E-state index in [1.807, 2.05) is 13.8 Å². The van der Waals surface area contributed by atoms with Gasteiger partial charge in [-0.2, -0.15) is 0 Å². The van der Waals surface area contributed by atoms with Gasteiger partial charge >= 0.3 is 5.97 Å². The summed E-state index contributed by atoms with van der Waals surface area (Å²) in [6.45, 7) is 4.06. The summed E-state index contributed by atoms with van der Waals surface area (Å²) in [5.74, 6) is -1.71. The molecule has 0 aromatic heterocycles. The normalized spacial score (nSPS) is 24.6. The highest BCUT2D eigenvalue weighted by Gasteiger charge is 2.35. The molecule has 17 heavy (non-hydrogen) atoms. The zero-order valence-electron chi connectivity index (χ0n) is 10.7. The first-order chi connectivity index (χ1) is 8.10. The SMILES string of the molecule is CCC(CC)NC(=O)C1CCCCC1C(=O)O. The van der Waals surface area contributed by atoms with Crippen LogP contribution in [-0.4, -0.2) is 23.0 Å². The molecule has 0 aromatic carbocycles. The van der Waals surface area contributed by atoms with Crippen molar-refractivity contribution in [3.8, 4) is 0 Å². The summed E-state index contributed by atoms with van der Waals surface area (Å²) in [4.78, 5) is 23.2. The highest BCUT2D eigenvalue weighted by Crippen LogP contribution is 2.30. The van der Waals surface area contributed by atoms with Gasteiger partial charge in [-0.15, -0.1) is 0 Å². The van der Waals surface area contributed by atoms with Gasteiger partial charge in [-0.25, -0.2) is 0 Å². The smallest absolute Gasteiger partial charge is 0.307 e. The number of carbonyl (C=O) groups excluding carboxylic acids is 1. The standard InChI is InChI=1S/C13H23NO3/c1-3-9(4-2)14-12(15)10-7-5-6-8-11(10)13(16)17/h9-11H,3-8H2,1-2H3,(H,14,15)(H,16,17). The minimum atomic E-state index is -0.825. The van der Waals surface area contributed by atoms with Crippen LogP contribution in [0.15, 0.2) is 0 Å². The van der Waals surface area contributed by atoms with Gasteiger partial charge < -0.3 is 10.4 Å². The topological polar surface area (TPSA) is 66.4 Å². The molecule has 0 spiro atoms. The van der Waals surface area contributed by atoms with Gasteiger partial charge in [-0.1, -0.05) is 26.7 Å². The Morgan fingerprint density at radius 3 is 2.18 bits per heavy atom. The van der Waals surface area contributed by atoms with Gasteiger partial charge in [0.15, 0.2) is 0 Å². The summed E-state index contributed by atoms with van der Waals surface area (Å²) in [5.41, 5.74) is 0. The maximum Gasteiger partial charge on any atom is 0.307 e. The second kappa shape index (κ2) is 6.62. The number of aliphatic carboxylic acids is 1. The third-order valence-corrected chi connectivity index (χ3v) is 3.75. The molecule has 2 N–H and O–H groups in total. The van der Waals surface area contributed by atoms with E-state index in [0.29, 0.717) is 12.8 Å². The highest BCUT2D eigenvalue weighted by atomic mass is 16.4. The molecule has 98 valence electrons. The lowest BCUT2D eigenvalue weighted by Crippen LogP contribution is -2.43. The molecule has 0 heterocycles. The molecule has 1 aliphatic rings. The second-order valence-electron chi connectivity index (χ2n) is 4.86. The minimum Gasteiger partial charge on any atom is -0.481 e. The van der Waals surface area contributed by atoms with Crippen molar-refractivity contribution in [2.75, 3.05) is 0 Å². The summed E-state index contributed by atoms with van der Waals surface area (Å²) >= 11 is 0. The summed E-state index contributed by atoms with van der Waals surface area (Å²) in [6, 6.07) is 0.180. The second-order valence-corrected chi connectivity index (χ2v) is 4.86. The maximum atomic E-state index is 12.1. The van der Waals surface area contributed by atoms with Crippen molar-refractivity contribution in [3.63, 3.8) is 0 Å². The van der Waals surface area contributed by atoms with Crippen LogP contribution < -0.4 is 5.32 Å². The molecule has 2 atom stereocenters. The molecule has 0 aromatic rings. The van der Waals surface area contributed by atoms with Crippen molar-refractivity contribution < 1.29 is 14.7 Å². The number of hydrogen-bond donors (Lipinski definition) is 2. The van der Waals surface area contributed by atoms with Crippen LogP contribution in [-0.2, 0) is 9.59 Å². The molecule has 1 saturated carbocycles. The van der Waals surface area contributed by atoms with Crippen LogP contribution in [0.25, 0.3) is 0 Å². The Hall–Kier alpha value is -1.06. The lowest BCUT2D eigenvalue weighted by molar-refractivity contribution is -0.149. The fourth-order valence-corrected chi connectivity index (χ4v) is 2.54. The fourth-order valence-electron chi connectivity index (χ4n) is 2.54.